The van der Waals surface area contributed by atoms with Crippen molar-refractivity contribution in [3.05, 3.63) is 53.1 Å². The molecule has 0 atom stereocenters. The molecule has 21 heavy (non-hydrogen) atoms. The van der Waals surface area contributed by atoms with E-state index in [9.17, 15) is 9.90 Å². The number of carbonyl (C=O) groups is 1. The summed E-state index contributed by atoms with van der Waals surface area (Å²) in [6.07, 6.45) is 0. The zero-order valence-electron chi connectivity index (χ0n) is 12.8. The second kappa shape index (κ2) is 5.87. The quantitative estimate of drug-likeness (QED) is 0.896. The minimum Gasteiger partial charge on any atom is -0.478 e. The van der Waals surface area contributed by atoms with Crippen LogP contribution < -0.4 is 10.2 Å². The summed E-state index contributed by atoms with van der Waals surface area (Å²) < 4.78 is 0. The normalized spacial score (nSPS) is 10.3. The lowest BCUT2D eigenvalue weighted by Gasteiger charge is -2.18. The predicted octanol–water partition coefficient (Wildman–Crippen LogP) is 3.81. The van der Waals surface area contributed by atoms with Gasteiger partial charge in [-0.1, -0.05) is 12.1 Å². The fourth-order valence-electron chi connectivity index (χ4n) is 2.27. The van der Waals surface area contributed by atoms with Crippen molar-refractivity contribution in [2.24, 2.45) is 0 Å². The van der Waals surface area contributed by atoms with Crippen LogP contribution in [-0.4, -0.2) is 25.2 Å². The monoisotopic (exact) mass is 284 g/mol. The van der Waals surface area contributed by atoms with E-state index in [1.165, 1.54) is 5.56 Å². The van der Waals surface area contributed by atoms with Gasteiger partial charge in [0.2, 0.25) is 0 Å². The number of rotatable bonds is 4. The Labute approximate surface area is 125 Å². The molecule has 0 bridgehead atoms. The van der Waals surface area contributed by atoms with E-state index in [0.29, 0.717) is 5.69 Å². The van der Waals surface area contributed by atoms with Gasteiger partial charge in [-0.05, 0) is 49.2 Å². The average molecular weight is 284 g/mol. The average Bonchev–Trinajstić information content (AvgIpc) is 2.40. The first-order valence-corrected chi connectivity index (χ1v) is 6.77. The molecular formula is C17H20N2O2. The Morgan fingerprint density at radius 3 is 2.43 bits per heavy atom. The van der Waals surface area contributed by atoms with Gasteiger partial charge in [0.1, 0.15) is 0 Å². The van der Waals surface area contributed by atoms with Gasteiger partial charge in [0.15, 0.2) is 0 Å². The fourth-order valence-corrected chi connectivity index (χ4v) is 2.27. The van der Waals surface area contributed by atoms with Crippen LogP contribution in [0.5, 0.6) is 0 Å². The largest absolute Gasteiger partial charge is 0.478 e. The van der Waals surface area contributed by atoms with Crippen molar-refractivity contribution in [3.63, 3.8) is 0 Å². The van der Waals surface area contributed by atoms with E-state index in [2.05, 4.69) is 12.2 Å². The smallest absolute Gasteiger partial charge is 0.337 e. The van der Waals surface area contributed by atoms with Crippen molar-refractivity contribution >= 4 is 23.0 Å². The third-order valence-corrected chi connectivity index (χ3v) is 3.38. The summed E-state index contributed by atoms with van der Waals surface area (Å²) in [5.41, 5.74) is 5.04. The summed E-state index contributed by atoms with van der Waals surface area (Å²) in [7, 11) is 3.98. The Balaban J connectivity index is 2.40. The van der Waals surface area contributed by atoms with E-state index >= 15 is 0 Å². The van der Waals surface area contributed by atoms with Crippen molar-refractivity contribution in [2.45, 2.75) is 13.8 Å². The predicted molar refractivity (Wildman–Crippen MR) is 86.9 cm³/mol. The maximum Gasteiger partial charge on any atom is 0.337 e. The Kier molecular flexibility index (Phi) is 4.17. The molecule has 0 radical (unpaired) electrons. The van der Waals surface area contributed by atoms with E-state index in [1.54, 1.807) is 12.1 Å². The van der Waals surface area contributed by atoms with Gasteiger partial charge in [0.25, 0.3) is 0 Å². The van der Waals surface area contributed by atoms with Gasteiger partial charge in [-0.25, -0.2) is 4.79 Å². The van der Waals surface area contributed by atoms with E-state index in [0.717, 1.165) is 16.9 Å². The van der Waals surface area contributed by atoms with Crippen LogP contribution in [0.4, 0.5) is 17.1 Å². The first kappa shape index (κ1) is 14.9. The Hall–Kier alpha value is -2.49. The second-order valence-electron chi connectivity index (χ2n) is 5.37. The molecule has 0 fully saturated rings. The third-order valence-electron chi connectivity index (χ3n) is 3.38. The summed E-state index contributed by atoms with van der Waals surface area (Å²) >= 11 is 0. The van der Waals surface area contributed by atoms with Crippen molar-refractivity contribution < 1.29 is 9.90 Å². The van der Waals surface area contributed by atoms with Gasteiger partial charge in [-0.2, -0.15) is 0 Å². The summed E-state index contributed by atoms with van der Waals surface area (Å²) in [4.78, 5) is 13.3. The molecule has 4 nitrogen and oxygen atoms in total. The number of hydrogen-bond acceptors (Lipinski definition) is 3. The molecule has 110 valence electrons. The SMILES string of the molecule is Cc1ccc(C(=O)O)c(Nc2ccc(C)c(N(C)C)c2)c1. The molecule has 0 aliphatic heterocycles. The molecule has 0 aliphatic rings. The molecule has 0 aromatic heterocycles. The molecule has 2 aromatic carbocycles. The highest BCUT2D eigenvalue weighted by molar-refractivity contribution is 5.95. The number of hydrogen-bond donors (Lipinski definition) is 2. The summed E-state index contributed by atoms with van der Waals surface area (Å²) in [6, 6.07) is 11.3. The highest BCUT2D eigenvalue weighted by atomic mass is 16.4. The summed E-state index contributed by atoms with van der Waals surface area (Å²) in [5, 5.41) is 12.5. The van der Waals surface area contributed by atoms with Crippen LogP contribution in [0.3, 0.4) is 0 Å². The molecule has 0 heterocycles. The lowest BCUT2D eigenvalue weighted by Crippen LogP contribution is -2.10. The minimum atomic E-state index is -0.933. The van der Waals surface area contributed by atoms with Crippen LogP contribution in [-0.2, 0) is 0 Å². The van der Waals surface area contributed by atoms with Gasteiger partial charge >= 0.3 is 5.97 Å². The molecule has 0 saturated carbocycles. The topological polar surface area (TPSA) is 52.6 Å². The van der Waals surface area contributed by atoms with Crippen LogP contribution >= 0.6 is 0 Å². The van der Waals surface area contributed by atoms with Crippen LogP contribution in [0.1, 0.15) is 21.5 Å². The van der Waals surface area contributed by atoms with Crippen molar-refractivity contribution in [3.8, 4) is 0 Å². The van der Waals surface area contributed by atoms with E-state index in [-0.39, 0.29) is 5.56 Å². The molecule has 0 spiro atoms. The molecule has 4 heteroatoms. The zero-order chi connectivity index (χ0) is 15.6. The van der Waals surface area contributed by atoms with Crippen LogP contribution in [0, 0.1) is 13.8 Å². The van der Waals surface area contributed by atoms with E-state index < -0.39 is 5.97 Å². The lowest BCUT2D eigenvalue weighted by atomic mass is 10.1. The highest BCUT2D eigenvalue weighted by Gasteiger charge is 2.11. The highest BCUT2D eigenvalue weighted by Crippen LogP contribution is 2.27. The zero-order valence-corrected chi connectivity index (χ0v) is 12.8. The molecule has 2 rings (SSSR count). The molecular weight excluding hydrogens is 264 g/mol. The lowest BCUT2D eigenvalue weighted by molar-refractivity contribution is 0.0698. The van der Waals surface area contributed by atoms with Crippen molar-refractivity contribution in [1.82, 2.24) is 0 Å². The number of carboxylic acid groups (broad SMARTS) is 1. The van der Waals surface area contributed by atoms with E-state index in [1.807, 2.05) is 50.2 Å². The number of carboxylic acids is 1. The number of aromatic carboxylic acids is 1. The first-order valence-electron chi connectivity index (χ1n) is 6.77. The number of anilines is 3. The Morgan fingerprint density at radius 2 is 1.81 bits per heavy atom. The molecule has 0 saturated heterocycles. The standard InChI is InChI=1S/C17H20N2O2/c1-11-5-8-14(17(20)21)15(9-11)18-13-7-6-12(2)16(10-13)19(3)4/h5-10,18H,1-4H3,(H,20,21). The van der Waals surface area contributed by atoms with E-state index in [4.69, 9.17) is 0 Å². The molecule has 0 amide bonds. The summed E-state index contributed by atoms with van der Waals surface area (Å²) in [5.74, 6) is -0.933. The van der Waals surface area contributed by atoms with Gasteiger partial charge < -0.3 is 15.3 Å². The van der Waals surface area contributed by atoms with Gasteiger partial charge in [-0.3, -0.25) is 0 Å². The Morgan fingerprint density at radius 1 is 1.10 bits per heavy atom. The van der Waals surface area contributed by atoms with Gasteiger partial charge in [0.05, 0.1) is 11.3 Å². The third kappa shape index (κ3) is 3.34. The molecule has 2 N–H and O–H groups in total. The second-order valence-corrected chi connectivity index (χ2v) is 5.37. The molecule has 0 aliphatic carbocycles. The molecule has 2 aromatic rings. The number of aryl methyl sites for hydroxylation is 2. The van der Waals surface area contributed by atoms with Crippen molar-refractivity contribution in [2.75, 3.05) is 24.3 Å². The maximum absolute atomic E-state index is 11.3. The van der Waals surface area contributed by atoms with Crippen LogP contribution in [0.25, 0.3) is 0 Å². The van der Waals surface area contributed by atoms with Gasteiger partial charge in [-0.15, -0.1) is 0 Å². The van der Waals surface area contributed by atoms with Crippen LogP contribution in [0.2, 0.25) is 0 Å². The van der Waals surface area contributed by atoms with Crippen molar-refractivity contribution in [1.29, 1.82) is 0 Å². The van der Waals surface area contributed by atoms with Crippen LogP contribution in [0.15, 0.2) is 36.4 Å². The van der Waals surface area contributed by atoms with Gasteiger partial charge in [0, 0.05) is 25.5 Å². The number of benzene rings is 2. The number of nitrogens with one attached hydrogen (secondary N) is 1. The Bertz CT molecular complexity index is 678. The fraction of sp³-hybridized carbons (Fsp3) is 0.235. The summed E-state index contributed by atoms with van der Waals surface area (Å²) in [6.45, 7) is 3.99. The minimum absolute atomic E-state index is 0.271. The maximum atomic E-state index is 11.3. The number of nitrogens with zero attached hydrogens (tertiary/aromatic N) is 1. The first-order chi connectivity index (χ1) is 9.88. The molecule has 0 unspecified atom stereocenters.